The predicted molar refractivity (Wildman–Crippen MR) is 104 cm³/mol. The minimum Gasteiger partial charge on any atom is -0.486 e. The van der Waals surface area contributed by atoms with Gasteiger partial charge in [-0.15, -0.1) is 0 Å². The molecule has 1 amide bonds. The number of halogens is 1. The van der Waals surface area contributed by atoms with Gasteiger partial charge in [-0.25, -0.2) is 0 Å². The first-order valence-electron chi connectivity index (χ1n) is 8.91. The van der Waals surface area contributed by atoms with Crippen molar-refractivity contribution in [3.63, 3.8) is 0 Å². The molecule has 1 aromatic heterocycles. The SMILES string of the molecule is Cc1ccc2c(CC(=O)NCCc3cc(Cl)c4c(c3)OCCO4)coc2c1. The van der Waals surface area contributed by atoms with Crippen molar-refractivity contribution in [3.05, 3.63) is 58.3 Å². The lowest BCUT2D eigenvalue weighted by molar-refractivity contribution is -0.120. The van der Waals surface area contributed by atoms with E-state index in [2.05, 4.69) is 5.32 Å². The molecule has 0 radical (unpaired) electrons. The molecule has 0 aliphatic carbocycles. The summed E-state index contributed by atoms with van der Waals surface area (Å²) in [7, 11) is 0. The lowest BCUT2D eigenvalue weighted by Crippen LogP contribution is -2.27. The van der Waals surface area contributed by atoms with Crippen molar-refractivity contribution in [2.24, 2.45) is 0 Å². The van der Waals surface area contributed by atoms with Gasteiger partial charge in [0, 0.05) is 17.5 Å². The van der Waals surface area contributed by atoms with E-state index < -0.39 is 0 Å². The van der Waals surface area contributed by atoms with Crippen LogP contribution in [0, 0.1) is 6.92 Å². The highest BCUT2D eigenvalue weighted by Crippen LogP contribution is 2.38. The molecule has 0 saturated heterocycles. The molecule has 1 aliphatic rings. The first kappa shape index (κ1) is 17.7. The third kappa shape index (κ3) is 3.88. The smallest absolute Gasteiger partial charge is 0.224 e. The van der Waals surface area contributed by atoms with Crippen LogP contribution >= 0.6 is 11.6 Å². The molecule has 5 nitrogen and oxygen atoms in total. The Kier molecular flexibility index (Phi) is 4.94. The van der Waals surface area contributed by atoms with E-state index in [1.165, 1.54) is 0 Å². The first-order chi connectivity index (χ1) is 13.1. The van der Waals surface area contributed by atoms with E-state index in [0.29, 0.717) is 42.7 Å². The summed E-state index contributed by atoms with van der Waals surface area (Å²) in [5, 5.41) is 4.47. The number of aryl methyl sites for hydroxylation is 1. The molecule has 0 spiro atoms. The topological polar surface area (TPSA) is 60.7 Å². The number of carbonyl (C=O) groups excluding carboxylic acids is 1. The van der Waals surface area contributed by atoms with E-state index in [0.717, 1.165) is 27.7 Å². The zero-order valence-corrected chi connectivity index (χ0v) is 15.8. The zero-order valence-electron chi connectivity index (χ0n) is 15.0. The Morgan fingerprint density at radius 1 is 1.19 bits per heavy atom. The van der Waals surface area contributed by atoms with Gasteiger partial charge in [0.25, 0.3) is 0 Å². The molecule has 2 aromatic carbocycles. The number of benzene rings is 2. The highest BCUT2D eigenvalue weighted by atomic mass is 35.5. The number of fused-ring (bicyclic) bond motifs is 2. The Bertz CT molecular complexity index is 995. The Balaban J connectivity index is 1.35. The van der Waals surface area contributed by atoms with Crippen LogP contribution in [0.2, 0.25) is 5.02 Å². The fourth-order valence-corrected chi connectivity index (χ4v) is 3.51. The molecule has 140 valence electrons. The second kappa shape index (κ2) is 7.53. The van der Waals surface area contributed by atoms with Crippen molar-refractivity contribution >= 4 is 28.5 Å². The molecule has 27 heavy (non-hydrogen) atoms. The summed E-state index contributed by atoms with van der Waals surface area (Å²) in [5.74, 6) is 1.22. The van der Waals surface area contributed by atoms with Crippen molar-refractivity contribution in [2.45, 2.75) is 19.8 Å². The zero-order chi connectivity index (χ0) is 18.8. The molecule has 0 atom stereocenters. The lowest BCUT2D eigenvalue weighted by atomic mass is 10.1. The number of nitrogens with one attached hydrogen (secondary N) is 1. The maximum absolute atomic E-state index is 12.3. The van der Waals surface area contributed by atoms with Crippen LogP contribution in [0.1, 0.15) is 16.7 Å². The summed E-state index contributed by atoms with van der Waals surface area (Å²) in [6, 6.07) is 9.76. The number of amides is 1. The Hall–Kier alpha value is -2.66. The number of carbonyl (C=O) groups is 1. The Morgan fingerprint density at radius 2 is 2.04 bits per heavy atom. The minimum atomic E-state index is -0.0399. The van der Waals surface area contributed by atoms with Gasteiger partial charge in [-0.1, -0.05) is 23.7 Å². The molecule has 0 saturated carbocycles. The molecule has 0 unspecified atom stereocenters. The van der Waals surface area contributed by atoms with Gasteiger partial charge >= 0.3 is 0 Å². The summed E-state index contributed by atoms with van der Waals surface area (Å²) >= 11 is 6.25. The van der Waals surface area contributed by atoms with Crippen LogP contribution in [-0.2, 0) is 17.6 Å². The molecule has 1 aliphatic heterocycles. The predicted octanol–water partition coefficient (Wildman–Crippen LogP) is 4.07. The third-order valence-electron chi connectivity index (χ3n) is 4.55. The van der Waals surface area contributed by atoms with Gasteiger partial charge in [0.05, 0.1) is 17.7 Å². The van der Waals surface area contributed by atoms with Gasteiger partial charge in [-0.05, 0) is 42.7 Å². The molecule has 2 heterocycles. The fourth-order valence-electron chi connectivity index (χ4n) is 3.22. The van der Waals surface area contributed by atoms with Crippen LogP contribution in [-0.4, -0.2) is 25.7 Å². The normalized spacial score (nSPS) is 13.0. The molecular formula is C21H20ClNO4. The van der Waals surface area contributed by atoms with E-state index in [4.69, 9.17) is 25.5 Å². The highest BCUT2D eigenvalue weighted by molar-refractivity contribution is 6.32. The van der Waals surface area contributed by atoms with Crippen LogP contribution < -0.4 is 14.8 Å². The summed E-state index contributed by atoms with van der Waals surface area (Å²) in [6.07, 6.45) is 2.61. The van der Waals surface area contributed by atoms with Crippen LogP contribution in [0.15, 0.2) is 41.0 Å². The van der Waals surface area contributed by atoms with Crippen molar-refractivity contribution in [1.29, 1.82) is 0 Å². The molecule has 6 heteroatoms. The second-order valence-electron chi connectivity index (χ2n) is 6.64. The summed E-state index contributed by atoms with van der Waals surface area (Å²) < 4.78 is 16.7. The van der Waals surface area contributed by atoms with E-state index in [9.17, 15) is 4.79 Å². The second-order valence-corrected chi connectivity index (χ2v) is 7.05. The fraction of sp³-hybridized carbons (Fsp3) is 0.286. The number of furan rings is 1. The van der Waals surface area contributed by atoms with Crippen molar-refractivity contribution < 1.29 is 18.7 Å². The molecule has 0 fully saturated rings. The van der Waals surface area contributed by atoms with Crippen LogP contribution in [0.25, 0.3) is 11.0 Å². The first-order valence-corrected chi connectivity index (χ1v) is 9.29. The number of hydrogen-bond acceptors (Lipinski definition) is 4. The monoisotopic (exact) mass is 385 g/mol. The molecular weight excluding hydrogens is 366 g/mol. The third-order valence-corrected chi connectivity index (χ3v) is 4.84. The molecule has 1 N–H and O–H groups in total. The van der Waals surface area contributed by atoms with Gasteiger partial charge in [0.2, 0.25) is 5.91 Å². The molecule has 4 rings (SSSR count). The van der Waals surface area contributed by atoms with Gasteiger partial charge in [0.15, 0.2) is 11.5 Å². The number of hydrogen-bond donors (Lipinski definition) is 1. The Morgan fingerprint density at radius 3 is 2.93 bits per heavy atom. The summed E-state index contributed by atoms with van der Waals surface area (Å²) in [6.45, 7) is 3.55. The van der Waals surface area contributed by atoms with E-state index in [1.807, 2.05) is 37.3 Å². The molecule has 0 bridgehead atoms. The maximum atomic E-state index is 12.3. The quantitative estimate of drug-likeness (QED) is 0.719. The van der Waals surface area contributed by atoms with Gasteiger partial charge in [0.1, 0.15) is 18.8 Å². The van der Waals surface area contributed by atoms with Crippen LogP contribution in [0.5, 0.6) is 11.5 Å². The van der Waals surface area contributed by atoms with E-state index >= 15 is 0 Å². The van der Waals surface area contributed by atoms with Crippen LogP contribution in [0.3, 0.4) is 0 Å². The van der Waals surface area contributed by atoms with Crippen molar-refractivity contribution in [3.8, 4) is 11.5 Å². The average Bonchev–Trinajstić information content (AvgIpc) is 3.03. The van der Waals surface area contributed by atoms with E-state index in [-0.39, 0.29) is 12.3 Å². The summed E-state index contributed by atoms with van der Waals surface area (Å²) in [5.41, 5.74) is 3.83. The van der Waals surface area contributed by atoms with Crippen molar-refractivity contribution in [2.75, 3.05) is 19.8 Å². The van der Waals surface area contributed by atoms with Crippen LogP contribution in [0.4, 0.5) is 0 Å². The van der Waals surface area contributed by atoms with Gasteiger partial charge in [-0.2, -0.15) is 0 Å². The summed E-state index contributed by atoms with van der Waals surface area (Å²) in [4.78, 5) is 12.3. The minimum absolute atomic E-state index is 0.0399. The largest absolute Gasteiger partial charge is 0.486 e. The van der Waals surface area contributed by atoms with Gasteiger partial charge in [-0.3, -0.25) is 4.79 Å². The standard InChI is InChI=1S/C21H20ClNO4/c1-13-2-3-16-15(12-27-18(16)8-13)11-20(24)23-5-4-14-9-17(22)21-19(10-14)25-6-7-26-21/h2-3,8-10,12H,4-7,11H2,1H3,(H,23,24). The van der Waals surface area contributed by atoms with E-state index in [1.54, 1.807) is 6.26 Å². The number of ether oxygens (including phenoxy) is 2. The lowest BCUT2D eigenvalue weighted by Gasteiger charge is -2.20. The Labute approximate surface area is 162 Å². The highest BCUT2D eigenvalue weighted by Gasteiger charge is 2.17. The van der Waals surface area contributed by atoms with Gasteiger partial charge < -0.3 is 19.2 Å². The maximum Gasteiger partial charge on any atom is 0.224 e. The average molecular weight is 386 g/mol. The van der Waals surface area contributed by atoms with Crippen molar-refractivity contribution in [1.82, 2.24) is 5.32 Å². The molecule has 3 aromatic rings. The number of rotatable bonds is 5.